The lowest BCUT2D eigenvalue weighted by Gasteiger charge is -2.46. The normalized spacial score (nSPS) is 48.8. The van der Waals surface area contributed by atoms with Gasteiger partial charge in [0.15, 0.2) is 0 Å². The van der Waals surface area contributed by atoms with Crippen molar-refractivity contribution >= 4 is 5.91 Å². The van der Waals surface area contributed by atoms with E-state index in [1.807, 2.05) is 11.8 Å². The van der Waals surface area contributed by atoms with E-state index in [2.05, 4.69) is 0 Å². The molecule has 0 radical (unpaired) electrons. The van der Waals surface area contributed by atoms with Crippen LogP contribution in [0.3, 0.4) is 0 Å². The van der Waals surface area contributed by atoms with Crippen LogP contribution in [0.2, 0.25) is 0 Å². The molecule has 1 amide bonds. The van der Waals surface area contributed by atoms with Crippen molar-refractivity contribution in [1.29, 1.82) is 0 Å². The van der Waals surface area contributed by atoms with E-state index in [-0.39, 0.29) is 0 Å². The van der Waals surface area contributed by atoms with Gasteiger partial charge in [-0.15, -0.1) is 0 Å². The largest absolute Gasteiger partial charge is 0.386 e. The van der Waals surface area contributed by atoms with E-state index in [9.17, 15) is 9.90 Å². The quantitative estimate of drug-likeness (QED) is 0.783. The number of amides is 1. The Morgan fingerprint density at radius 1 is 1.29 bits per heavy atom. The molecule has 2 bridgehead atoms. The van der Waals surface area contributed by atoms with E-state index < -0.39 is 5.60 Å². The zero-order valence-corrected chi connectivity index (χ0v) is 10.4. The molecule has 4 rings (SSSR count). The standard InChI is InChI=1S/C14H21NO2/c1-2-14(17)6-15(7-14)13(16)12-10-8-3-4-9(5-8)11(10)12/h8-12,17H,2-7H2,1H3. The minimum atomic E-state index is -0.571. The predicted molar refractivity (Wildman–Crippen MR) is 63.1 cm³/mol. The smallest absolute Gasteiger partial charge is 0.226 e. The van der Waals surface area contributed by atoms with Crippen LogP contribution in [0.25, 0.3) is 0 Å². The van der Waals surface area contributed by atoms with Crippen LogP contribution in [0.1, 0.15) is 32.6 Å². The number of carbonyl (C=O) groups excluding carboxylic acids is 1. The predicted octanol–water partition coefficient (Wildman–Crippen LogP) is 1.26. The van der Waals surface area contributed by atoms with Crippen molar-refractivity contribution in [1.82, 2.24) is 4.90 Å². The number of hydrogen-bond acceptors (Lipinski definition) is 2. The minimum Gasteiger partial charge on any atom is -0.386 e. The van der Waals surface area contributed by atoms with E-state index in [4.69, 9.17) is 0 Å². The molecule has 3 heteroatoms. The van der Waals surface area contributed by atoms with Gasteiger partial charge in [0.25, 0.3) is 0 Å². The van der Waals surface area contributed by atoms with E-state index in [1.165, 1.54) is 19.3 Å². The molecule has 17 heavy (non-hydrogen) atoms. The Morgan fingerprint density at radius 3 is 2.41 bits per heavy atom. The van der Waals surface area contributed by atoms with Gasteiger partial charge in [-0.25, -0.2) is 0 Å². The molecule has 1 saturated heterocycles. The Labute approximate surface area is 102 Å². The maximum absolute atomic E-state index is 12.3. The second kappa shape index (κ2) is 3.05. The van der Waals surface area contributed by atoms with Gasteiger partial charge in [-0.05, 0) is 49.4 Å². The summed E-state index contributed by atoms with van der Waals surface area (Å²) in [5.41, 5.74) is -0.571. The molecule has 4 aliphatic rings. The highest BCUT2D eigenvalue weighted by atomic mass is 16.3. The first-order chi connectivity index (χ1) is 8.13. The van der Waals surface area contributed by atoms with Gasteiger partial charge in [0.05, 0.1) is 18.7 Å². The Kier molecular flexibility index (Phi) is 1.86. The second-order valence-corrected chi connectivity index (χ2v) is 6.79. The lowest BCUT2D eigenvalue weighted by atomic mass is 9.90. The number of carbonyl (C=O) groups is 1. The fourth-order valence-electron chi connectivity index (χ4n) is 4.91. The zero-order chi connectivity index (χ0) is 11.8. The van der Waals surface area contributed by atoms with Crippen LogP contribution in [0, 0.1) is 29.6 Å². The highest BCUT2D eigenvalue weighted by molar-refractivity contribution is 5.84. The molecular formula is C14H21NO2. The van der Waals surface area contributed by atoms with Crippen molar-refractivity contribution in [2.45, 2.75) is 38.2 Å². The summed E-state index contributed by atoms with van der Waals surface area (Å²) in [6.07, 6.45) is 4.90. The van der Waals surface area contributed by atoms with Crippen molar-refractivity contribution in [3.8, 4) is 0 Å². The average Bonchev–Trinajstić information content (AvgIpc) is 2.72. The van der Waals surface area contributed by atoms with Crippen molar-refractivity contribution in [3.63, 3.8) is 0 Å². The first kappa shape index (κ1) is 10.4. The zero-order valence-electron chi connectivity index (χ0n) is 10.4. The van der Waals surface area contributed by atoms with Gasteiger partial charge in [0.1, 0.15) is 0 Å². The molecule has 0 aromatic heterocycles. The first-order valence-electron chi connectivity index (χ1n) is 7.14. The van der Waals surface area contributed by atoms with Gasteiger partial charge < -0.3 is 10.0 Å². The average molecular weight is 235 g/mol. The number of rotatable bonds is 2. The van der Waals surface area contributed by atoms with E-state index in [0.717, 1.165) is 30.1 Å². The van der Waals surface area contributed by atoms with Crippen LogP contribution in [-0.4, -0.2) is 34.6 Å². The third-order valence-corrected chi connectivity index (χ3v) is 5.96. The molecule has 94 valence electrons. The second-order valence-electron chi connectivity index (χ2n) is 6.79. The van der Waals surface area contributed by atoms with Gasteiger partial charge in [-0.2, -0.15) is 0 Å². The molecule has 3 aliphatic carbocycles. The van der Waals surface area contributed by atoms with Crippen LogP contribution in [0.5, 0.6) is 0 Å². The fourth-order valence-corrected chi connectivity index (χ4v) is 4.91. The number of aliphatic hydroxyl groups is 1. The summed E-state index contributed by atoms with van der Waals surface area (Å²) in [7, 11) is 0. The summed E-state index contributed by atoms with van der Waals surface area (Å²) in [6.45, 7) is 3.15. The number of fused-ring (bicyclic) bond motifs is 5. The third-order valence-electron chi connectivity index (χ3n) is 5.96. The van der Waals surface area contributed by atoms with Crippen molar-refractivity contribution in [3.05, 3.63) is 0 Å². The summed E-state index contributed by atoms with van der Waals surface area (Å²) in [5, 5.41) is 9.97. The van der Waals surface area contributed by atoms with Crippen molar-refractivity contribution in [2.24, 2.45) is 29.6 Å². The molecular weight excluding hydrogens is 214 g/mol. The summed E-state index contributed by atoms with van der Waals surface area (Å²) in [5.74, 6) is 3.90. The number of nitrogens with zero attached hydrogens (tertiary/aromatic N) is 1. The highest BCUT2D eigenvalue weighted by Gasteiger charge is 2.68. The minimum absolute atomic E-state index is 0.350. The van der Waals surface area contributed by atoms with Crippen molar-refractivity contribution < 1.29 is 9.90 Å². The van der Waals surface area contributed by atoms with Crippen molar-refractivity contribution in [2.75, 3.05) is 13.1 Å². The van der Waals surface area contributed by atoms with Crippen LogP contribution in [0.4, 0.5) is 0 Å². The molecule has 0 spiro atoms. The maximum atomic E-state index is 12.3. The Bertz CT molecular complexity index is 358. The molecule has 3 nitrogen and oxygen atoms in total. The maximum Gasteiger partial charge on any atom is 0.226 e. The molecule has 1 N–H and O–H groups in total. The Morgan fingerprint density at radius 2 is 1.88 bits per heavy atom. The summed E-state index contributed by atoms with van der Waals surface area (Å²) in [4.78, 5) is 14.2. The van der Waals surface area contributed by atoms with Gasteiger partial charge in [-0.3, -0.25) is 4.79 Å². The SMILES string of the molecule is CCC1(O)CN(C(=O)C2C3C4CCC(C4)C23)C1. The topological polar surface area (TPSA) is 40.5 Å². The van der Waals surface area contributed by atoms with Crippen LogP contribution in [-0.2, 0) is 4.79 Å². The van der Waals surface area contributed by atoms with Crippen LogP contribution in [0.15, 0.2) is 0 Å². The van der Waals surface area contributed by atoms with Crippen LogP contribution >= 0.6 is 0 Å². The van der Waals surface area contributed by atoms with Gasteiger partial charge >= 0.3 is 0 Å². The number of β-amino-alcohol motifs (C(OH)–C–C–N with tert-alkyl or cyclic N) is 1. The number of hydrogen-bond donors (Lipinski definition) is 1. The van der Waals surface area contributed by atoms with E-state index in [1.54, 1.807) is 0 Å². The Balaban J connectivity index is 1.41. The van der Waals surface area contributed by atoms with Gasteiger partial charge in [0, 0.05) is 5.92 Å². The van der Waals surface area contributed by atoms with Crippen LogP contribution < -0.4 is 0 Å². The molecule has 1 aliphatic heterocycles. The lowest BCUT2D eigenvalue weighted by molar-refractivity contribution is -0.158. The highest BCUT2D eigenvalue weighted by Crippen LogP contribution is 2.69. The summed E-state index contributed by atoms with van der Waals surface area (Å²) >= 11 is 0. The molecule has 4 atom stereocenters. The third kappa shape index (κ3) is 1.24. The van der Waals surface area contributed by atoms with Gasteiger partial charge in [0.2, 0.25) is 5.91 Å². The molecule has 4 unspecified atom stereocenters. The fraction of sp³-hybridized carbons (Fsp3) is 0.929. The molecule has 0 aromatic rings. The number of likely N-dealkylation sites (tertiary alicyclic amines) is 1. The summed E-state index contributed by atoms with van der Waals surface area (Å²) < 4.78 is 0. The first-order valence-corrected chi connectivity index (χ1v) is 7.14. The van der Waals surface area contributed by atoms with E-state index >= 15 is 0 Å². The lowest BCUT2D eigenvalue weighted by Crippen LogP contribution is -2.63. The molecule has 3 saturated carbocycles. The molecule has 0 aromatic carbocycles. The molecule has 4 fully saturated rings. The monoisotopic (exact) mass is 235 g/mol. The van der Waals surface area contributed by atoms with E-state index in [0.29, 0.717) is 24.9 Å². The summed E-state index contributed by atoms with van der Waals surface area (Å²) in [6, 6.07) is 0. The Hall–Kier alpha value is -0.570. The van der Waals surface area contributed by atoms with Gasteiger partial charge in [-0.1, -0.05) is 6.92 Å². The molecule has 1 heterocycles.